The van der Waals surface area contributed by atoms with Crippen LogP contribution in [0.2, 0.25) is 0 Å². The molecule has 3 aromatic rings. The van der Waals surface area contributed by atoms with Gasteiger partial charge in [-0.05, 0) is 43.3 Å². The number of aromatic nitrogens is 2. The zero-order chi connectivity index (χ0) is 18.8. The van der Waals surface area contributed by atoms with Crippen molar-refractivity contribution in [3.05, 3.63) is 59.9 Å². The van der Waals surface area contributed by atoms with Gasteiger partial charge in [0.15, 0.2) is 0 Å². The van der Waals surface area contributed by atoms with Crippen molar-refractivity contribution in [2.24, 2.45) is 0 Å². The molecule has 7 nitrogen and oxygen atoms in total. The molecule has 7 heteroatoms. The van der Waals surface area contributed by atoms with Crippen molar-refractivity contribution >= 4 is 28.5 Å². The number of nitrogens with zero attached hydrogens (tertiary/aromatic N) is 2. The van der Waals surface area contributed by atoms with Gasteiger partial charge in [-0.1, -0.05) is 6.07 Å². The number of morpholine rings is 1. The third kappa shape index (κ3) is 3.68. The second-order valence-corrected chi connectivity index (χ2v) is 6.60. The number of H-pyrrole nitrogens is 1. The molecule has 2 heterocycles. The second-order valence-electron chi connectivity index (χ2n) is 6.60. The molecule has 1 fully saturated rings. The maximum Gasteiger partial charge on any atom is 0.255 e. The van der Waals surface area contributed by atoms with Gasteiger partial charge in [-0.3, -0.25) is 9.59 Å². The number of imidazole rings is 1. The highest BCUT2D eigenvalue weighted by molar-refractivity contribution is 6.06. The van der Waals surface area contributed by atoms with Crippen LogP contribution in [0.4, 0.5) is 5.69 Å². The highest BCUT2D eigenvalue weighted by Gasteiger charge is 2.22. The van der Waals surface area contributed by atoms with Crippen LogP contribution < -0.4 is 5.32 Å². The average Bonchev–Trinajstić information content (AvgIpc) is 3.15. The molecule has 2 aromatic carbocycles. The molecule has 2 amide bonds. The first-order valence-corrected chi connectivity index (χ1v) is 8.85. The lowest BCUT2D eigenvalue weighted by atomic mass is 10.1. The van der Waals surface area contributed by atoms with E-state index in [2.05, 4.69) is 15.3 Å². The summed E-state index contributed by atoms with van der Waals surface area (Å²) in [5.41, 5.74) is 3.25. The number of nitrogens with one attached hydrogen (secondary N) is 2. The first-order valence-electron chi connectivity index (χ1n) is 8.85. The Kier molecular flexibility index (Phi) is 4.60. The summed E-state index contributed by atoms with van der Waals surface area (Å²) in [6, 6.07) is 12.3. The number of amides is 2. The van der Waals surface area contributed by atoms with Crippen molar-refractivity contribution in [2.45, 2.75) is 13.0 Å². The largest absolute Gasteiger partial charge is 0.375 e. The van der Waals surface area contributed by atoms with Crippen LogP contribution in [-0.2, 0) is 4.74 Å². The smallest absolute Gasteiger partial charge is 0.255 e. The zero-order valence-corrected chi connectivity index (χ0v) is 14.9. The molecule has 1 aromatic heterocycles. The van der Waals surface area contributed by atoms with Crippen LogP contribution in [0.25, 0.3) is 11.0 Å². The Hall–Kier alpha value is -3.19. The van der Waals surface area contributed by atoms with Crippen molar-refractivity contribution in [2.75, 3.05) is 25.0 Å². The summed E-state index contributed by atoms with van der Waals surface area (Å²) in [7, 11) is 0. The van der Waals surface area contributed by atoms with E-state index in [9.17, 15) is 9.59 Å². The lowest BCUT2D eigenvalue weighted by Gasteiger charge is -2.31. The Morgan fingerprint density at radius 3 is 2.96 bits per heavy atom. The number of carbonyl (C=O) groups is 2. The van der Waals surface area contributed by atoms with Crippen molar-refractivity contribution < 1.29 is 14.3 Å². The van der Waals surface area contributed by atoms with Gasteiger partial charge in [-0.15, -0.1) is 0 Å². The van der Waals surface area contributed by atoms with E-state index in [1.54, 1.807) is 53.7 Å². The Morgan fingerprint density at radius 1 is 1.22 bits per heavy atom. The van der Waals surface area contributed by atoms with Crippen LogP contribution in [0.3, 0.4) is 0 Å². The van der Waals surface area contributed by atoms with Gasteiger partial charge >= 0.3 is 0 Å². The molecule has 1 aliphatic heterocycles. The predicted octanol–water partition coefficient (Wildman–Crippen LogP) is 2.68. The summed E-state index contributed by atoms with van der Waals surface area (Å²) in [5, 5.41) is 2.85. The standard InChI is InChI=1S/C20H20N4O3/c1-13-11-24(7-8-27-13)20(26)15-3-2-4-16(9-15)23-19(25)14-5-6-17-18(10-14)22-12-21-17/h2-6,9-10,12-13H,7-8,11H2,1H3,(H,21,22)(H,23,25). The Balaban J connectivity index is 1.50. The molecule has 1 unspecified atom stereocenters. The minimum Gasteiger partial charge on any atom is -0.375 e. The van der Waals surface area contributed by atoms with E-state index >= 15 is 0 Å². The van der Waals surface area contributed by atoms with Crippen LogP contribution in [0, 0.1) is 0 Å². The minimum absolute atomic E-state index is 0.0305. The summed E-state index contributed by atoms with van der Waals surface area (Å²) in [5.74, 6) is -0.295. The van der Waals surface area contributed by atoms with Gasteiger partial charge < -0.3 is 19.9 Å². The number of fused-ring (bicyclic) bond motifs is 1. The van der Waals surface area contributed by atoms with Gasteiger partial charge in [-0.25, -0.2) is 4.98 Å². The summed E-state index contributed by atoms with van der Waals surface area (Å²) >= 11 is 0. The SMILES string of the molecule is CC1CN(C(=O)c2cccc(NC(=O)c3ccc4nc[nH]c4c3)c2)CCO1. The van der Waals surface area contributed by atoms with E-state index in [0.717, 1.165) is 11.0 Å². The lowest BCUT2D eigenvalue weighted by Crippen LogP contribution is -2.44. The maximum absolute atomic E-state index is 12.7. The van der Waals surface area contributed by atoms with Crippen LogP contribution in [0.15, 0.2) is 48.8 Å². The molecule has 1 atom stereocenters. The number of anilines is 1. The van der Waals surface area contributed by atoms with Crippen molar-refractivity contribution in [1.82, 2.24) is 14.9 Å². The number of benzene rings is 2. The predicted molar refractivity (Wildman–Crippen MR) is 102 cm³/mol. The van der Waals surface area contributed by atoms with Crippen molar-refractivity contribution in [3.8, 4) is 0 Å². The fraction of sp³-hybridized carbons (Fsp3) is 0.250. The van der Waals surface area contributed by atoms with Crippen molar-refractivity contribution in [1.29, 1.82) is 0 Å². The number of hydrogen-bond acceptors (Lipinski definition) is 4. The lowest BCUT2D eigenvalue weighted by molar-refractivity contribution is -0.0124. The van der Waals surface area contributed by atoms with Crippen LogP contribution in [0.1, 0.15) is 27.6 Å². The third-order valence-electron chi connectivity index (χ3n) is 4.58. The first kappa shape index (κ1) is 17.2. The maximum atomic E-state index is 12.7. The third-order valence-corrected chi connectivity index (χ3v) is 4.58. The number of rotatable bonds is 3. The van der Waals surface area contributed by atoms with E-state index in [-0.39, 0.29) is 17.9 Å². The molecule has 138 valence electrons. The van der Waals surface area contributed by atoms with Gasteiger partial charge in [0, 0.05) is 29.9 Å². The normalized spacial score (nSPS) is 17.1. The zero-order valence-electron chi connectivity index (χ0n) is 14.9. The molecule has 0 spiro atoms. The fourth-order valence-corrected chi connectivity index (χ4v) is 3.20. The Morgan fingerprint density at radius 2 is 2.11 bits per heavy atom. The molecular weight excluding hydrogens is 344 g/mol. The topological polar surface area (TPSA) is 87.3 Å². The first-order chi connectivity index (χ1) is 13.1. The minimum atomic E-state index is -0.240. The van der Waals surface area contributed by atoms with Gasteiger partial charge in [0.25, 0.3) is 11.8 Å². The second kappa shape index (κ2) is 7.20. The quantitative estimate of drug-likeness (QED) is 0.748. The molecular formula is C20H20N4O3. The monoisotopic (exact) mass is 364 g/mol. The Labute approximate surface area is 156 Å². The van der Waals surface area contributed by atoms with E-state index < -0.39 is 0 Å². The van der Waals surface area contributed by atoms with Crippen LogP contribution >= 0.6 is 0 Å². The molecule has 0 saturated carbocycles. The fourth-order valence-electron chi connectivity index (χ4n) is 3.20. The van der Waals surface area contributed by atoms with Crippen LogP contribution in [-0.4, -0.2) is 52.5 Å². The molecule has 1 saturated heterocycles. The van der Waals surface area contributed by atoms with E-state index in [1.165, 1.54) is 0 Å². The summed E-state index contributed by atoms with van der Waals surface area (Å²) < 4.78 is 5.49. The molecule has 1 aliphatic rings. The van der Waals surface area contributed by atoms with Crippen LogP contribution in [0.5, 0.6) is 0 Å². The summed E-state index contributed by atoms with van der Waals surface area (Å²) in [6.07, 6.45) is 1.62. The molecule has 0 bridgehead atoms. The van der Waals surface area contributed by atoms with Gasteiger partial charge in [0.2, 0.25) is 0 Å². The van der Waals surface area contributed by atoms with Gasteiger partial charge in [0.05, 0.1) is 30.1 Å². The summed E-state index contributed by atoms with van der Waals surface area (Å²) in [4.78, 5) is 34.2. The van der Waals surface area contributed by atoms with E-state index in [4.69, 9.17) is 4.74 Å². The number of aromatic amines is 1. The van der Waals surface area contributed by atoms with Gasteiger partial charge in [0.1, 0.15) is 0 Å². The average molecular weight is 364 g/mol. The van der Waals surface area contributed by atoms with Crippen molar-refractivity contribution in [3.63, 3.8) is 0 Å². The molecule has 27 heavy (non-hydrogen) atoms. The molecule has 0 aliphatic carbocycles. The molecule has 4 rings (SSSR count). The number of ether oxygens (including phenoxy) is 1. The van der Waals surface area contributed by atoms with E-state index in [0.29, 0.717) is 36.5 Å². The number of hydrogen-bond donors (Lipinski definition) is 2. The summed E-state index contributed by atoms with van der Waals surface area (Å²) in [6.45, 7) is 3.63. The molecule has 0 radical (unpaired) electrons. The Bertz CT molecular complexity index is 998. The molecule has 2 N–H and O–H groups in total. The highest BCUT2D eigenvalue weighted by atomic mass is 16.5. The highest BCUT2D eigenvalue weighted by Crippen LogP contribution is 2.17. The van der Waals surface area contributed by atoms with Gasteiger partial charge in [-0.2, -0.15) is 0 Å². The van der Waals surface area contributed by atoms with E-state index in [1.807, 2.05) is 6.92 Å². The number of carbonyl (C=O) groups excluding carboxylic acids is 2.